The maximum Gasteiger partial charge on any atom is 0.271 e. The van der Waals surface area contributed by atoms with Crippen molar-refractivity contribution in [3.05, 3.63) is 79.6 Å². The minimum Gasteiger partial charge on any atom is -0.325 e. The Bertz CT molecular complexity index is 1340. The number of aromatic nitrogens is 3. The maximum absolute atomic E-state index is 12.6. The normalized spacial score (nSPS) is 10.8. The number of nitrogens with zero attached hydrogens (tertiary/aromatic N) is 4. The maximum atomic E-state index is 12.6. The summed E-state index contributed by atoms with van der Waals surface area (Å²) in [5.74, 6) is -0.397. The molecule has 0 aliphatic heterocycles. The van der Waals surface area contributed by atoms with Crippen molar-refractivity contribution < 1.29 is 9.72 Å². The van der Waals surface area contributed by atoms with E-state index in [9.17, 15) is 19.7 Å². The molecule has 30 heavy (non-hydrogen) atoms. The summed E-state index contributed by atoms with van der Waals surface area (Å²) in [6.45, 7) is 1.69. The Kier molecular flexibility index (Phi) is 5.07. The third-order valence-electron chi connectivity index (χ3n) is 4.39. The quantitative estimate of drug-likeness (QED) is 0.390. The summed E-state index contributed by atoms with van der Waals surface area (Å²) in [5, 5.41) is 16.7. The second kappa shape index (κ2) is 7.84. The summed E-state index contributed by atoms with van der Waals surface area (Å²) in [7, 11) is 0. The largest absolute Gasteiger partial charge is 0.325 e. The van der Waals surface area contributed by atoms with Gasteiger partial charge >= 0.3 is 0 Å². The highest BCUT2D eigenvalue weighted by Crippen LogP contribution is 2.24. The van der Waals surface area contributed by atoms with E-state index in [4.69, 9.17) is 0 Å². The van der Waals surface area contributed by atoms with Crippen LogP contribution in [0.2, 0.25) is 0 Å². The number of nitro benzene ring substituents is 1. The molecule has 1 N–H and O–H groups in total. The summed E-state index contributed by atoms with van der Waals surface area (Å²) in [5.41, 5.74) is 1.90. The van der Waals surface area contributed by atoms with Gasteiger partial charge in [0.1, 0.15) is 6.54 Å². The second-order valence-electron chi connectivity index (χ2n) is 6.52. The van der Waals surface area contributed by atoms with Crippen molar-refractivity contribution in [2.75, 3.05) is 5.32 Å². The molecule has 0 fully saturated rings. The lowest BCUT2D eigenvalue weighted by Crippen LogP contribution is -2.27. The predicted octanol–water partition coefficient (Wildman–Crippen LogP) is 3.38. The third kappa shape index (κ3) is 3.94. The van der Waals surface area contributed by atoms with Gasteiger partial charge in [-0.2, -0.15) is 0 Å². The highest BCUT2D eigenvalue weighted by Gasteiger charge is 2.12. The van der Waals surface area contributed by atoms with E-state index in [0.717, 1.165) is 20.8 Å². The zero-order valence-electron chi connectivity index (χ0n) is 15.7. The lowest BCUT2D eigenvalue weighted by Gasteiger charge is -2.09. The molecule has 4 aromatic rings. The lowest BCUT2D eigenvalue weighted by molar-refractivity contribution is -0.384. The van der Waals surface area contributed by atoms with Gasteiger partial charge in [0.15, 0.2) is 0 Å². The zero-order chi connectivity index (χ0) is 21.3. The Morgan fingerprint density at radius 1 is 1.27 bits per heavy atom. The molecule has 0 unspecified atom stereocenters. The molecule has 0 atom stereocenters. The van der Waals surface area contributed by atoms with Crippen LogP contribution in [0.3, 0.4) is 0 Å². The first-order valence-corrected chi connectivity index (χ1v) is 9.75. The van der Waals surface area contributed by atoms with Gasteiger partial charge in [0.2, 0.25) is 5.91 Å². The third-order valence-corrected chi connectivity index (χ3v) is 5.17. The molecule has 0 spiro atoms. The number of amides is 1. The molecule has 2 aromatic carbocycles. The Labute approximate surface area is 173 Å². The summed E-state index contributed by atoms with van der Waals surface area (Å²) >= 11 is 1.54. The van der Waals surface area contributed by atoms with Crippen molar-refractivity contribution in [2.24, 2.45) is 0 Å². The van der Waals surface area contributed by atoms with Gasteiger partial charge in [-0.15, -0.1) is 11.3 Å². The van der Waals surface area contributed by atoms with E-state index in [1.54, 1.807) is 17.4 Å². The van der Waals surface area contributed by atoms with Gasteiger partial charge in [-0.1, -0.05) is 12.1 Å². The molecule has 1 amide bonds. The first-order chi connectivity index (χ1) is 14.4. The molecule has 2 heterocycles. The van der Waals surface area contributed by atoms with Crippen molar-refractivity contribution in [3.63, 3.8) is 0 Å². The number of carbonyl (C=O) groups excluding carboxylic acids is 1. The number of aryl methyl sites for hydroxylation is 1. The number of nitrogens with one attached hydrogen (secondary N) is 1. The SMILES string of the molecule is Cc1nc(-c2cccc(NC(=O)Cn3cnc4cc([N+](=O)[O-])ccc4c3=O)c2)cs1. The van der Waals surface area contributed by atoms with Crippen molar-refractivity contribution in [2.45, 2.75) is 13.5 Å². The zero-order valence-corrected chi connectivity index (χ0v) is 16.5. The summed E-state index contributed by atoms with van der Waals surface area (Å²) in [6.07, 6.45) is 1.21. The fraction of sp³-hybridized carbons (Fsp3) is 0.100. The fourth-order valence-corrected chi connectivity index (χ4v) is 3.60. The molecule has 2 aromatic heterocycles. The van der Waals surface area contributed by atoms with Crippen LogP contribution in [0.5, 0.6) is 0 Å². The standard InChI is InChI=1S/C20H15N5O4S/c1-12-22-18(10-30-12)13-3-2-4-14(7-13)23-19(26)9-24-11-21-17-8-15(25(28)29)5-6-16(17)20(24)27/h2-8,10-11H,9H2,1H3,(H,23,26). The average Bonchev–Trinajstić information content (AvgIpc) is 3.16. The Morgan fingerprint density at radius 2 is 2.10 bits per heavy atom. The fourth-order valence-electron chi connectivity index (χ4n) is 2.98. The second-order valence-corrected chi connectivity index (χ2v) is 7.58. The van der Waals surface area contributed by atoms with Crippen LogP contribution in [0.25, 0.3) is 22.2 Å². The van der Waals surface area contributed by atoms with Crippen molar-refractivity contribution >= 4 is 39.5 Å². The van der Waals surface area contributed by atoms with E-state index in [1.807, 2.05) is 30.5 Å². The average molecular weight is 421 g/mol. The summed E-state index contributed by atoms with van der Waals surface area (Å²) < 4.78 is 1.16. The first-order valence-electron chi connectivity index (χ1n) is 8.87. The Hall–Kier alpha value is -3.92. The number of hydrogen-bond donors (Lipinski definition) is 1. The molecule has 9 nitrogen and oxygen atoms in total. The van der Waals surface area contributed by atoms with E-state index in [1.165, 1.54) is 24.5 Å². The minimum atomic E-state index is -0.554. The highest BCUT2D eigenvalue weighted by molar-refractivity contribution is 7.09. The summed E-state index contributed by atoms with van der Waals surface area (Å²) in [6, 6.07) is 11.1. The molecular formula is C20H15N5O4S. The van der Waals surface area contributed by atoms with Gasteiger partial charge in [-0.05, 0) is 25.1 Å². The number of benzene rings is 2. The molecule has 150 valence electrons. The number of anilines is 1. The Morgan fingerprint density at radius 3 is 2.83 bits per heavy atom. The van der Waals surface area contributed by atoms with Crippen LogP contribution < -0.4 is 10.9 Å². The van der Waals surface area contributed by atoms with Crippen LogP contribution in [-0.4, -0.2) is 25.4 Å². The van der Waals surface area contributed by atoms with Crippen LogP contribution >= 0.6 is 11.3 Å². The first kappa shape index (κ1) is 19.4. The van der Waals surface area contributed by atoms with Crippen molar-refractivity contribution in [1.29, 1.82) is 0 Å². The molecule has 0 radical (unpaired) electrons. The van der Waals surface area contributed by atoms with Crippen molar-refractivity contribution in [1.82, 2.24) is 14.5 Å². The molecule has 0 bridgehead atoms. The van der Waals surface area contributed by atoms with Gasteiger partial charge in [-0.3, -0.25) is 24.3 Å². The molecule has 0 aliphatic rings. The summed E-state index contributed by atoms with van der Waals surface area (Å²) in [4.78, 5) is 43.9. The van der Waals surface area contributed by atoms with Gasteiger partial charge in [0, 0.05) is 28.8 Å². The van der Waals surface area contributed by atoms with E-state index >= 15 is 0 Å². The number of hydrogen-bond acceptors (Lipinski definition) is 7. The van der Waals surface area contributed by atoms with E-state index in [-0.39, 0.29) is 23.1 Å². The number of thiazole rings is 1. The van der Waals surface area contributed by atoms with Crippen LogP contribution in [0.1, 0.15) is 5.01 Å². The van der Waals surface area contributed by atoms with Gasteiger partial charge < -0.3 is 5.32 Å². The minimum absolute atomic E-state index is 0.153. The molecule has 0 aliphatic carbocycles. The predicted molar refractivity (Wildman–Crippen MR) is 114 cm³/mol. The van der Waals surface area contributed by atoms with Gasteiger partial charge in [-0.25, -0.2) is 9.97 Å². The smallest absolute Gasteiger partial charge is 0.271 e. The molecule has 10 heteroatoms. The number of rotatable bonds is 5. The highest BCUT2D eigenvalue weighted by atomic mass is 32.1. The van der Waals surface area contributed by atoms with Crippen LogP contribution in [-0.2, 0) is 11.3 Å². The number of fused-ring (bicyclic) bond motifs is 1. The van der Waals surface area contributed by atoms with Gasteiger partial charge in [0.25, 0.3) is 11.2 Å². The van der Waals surface area contributed by atoms with Crippen LogP contribution in [0.4, 0.5) is 11.4 Å². The van der Waals surface area contributed by atoms with E-state index in [2.05, 4.69) is 15.3 Å². The molecular weight excluding hydrogens is 406 g/mol. The van der Waals surface area contributed by atoms with Gasteiger partial charge in [0.05, 0.1) is 32.9 Å². The lowest BCUT2D eigenvalue weighted by atomic mass is 10.1. The molecule has 4 rings (SSSR count). The van der Waals surface area contributed by atoms with Crippen LogP contribution in [0.15, 0.2) is 59.0 Å². The molecule has 0 saturated carbocycles. The monoisotopic (exact) mass is 421 g/mol. The topological polar surface area (TPSA) is 120 Å². The van der Waals surface area contributed by atoms with Crippen LogP contribution in [0, 0.1) is 17.0 Å². The van der Waals surface area contributed by atoms with E-state index in [0.29, 0.717) is 5.69 Å². The molecule has 0 saturated heterocycles. The van der Waals surface area contributed by atoms with Crippen molar-refractivity contribution in [3.8, 4) is 11.3 Å². The number of non-ortho nitro benzene ring substituents is 1. The number of carbonyl (C=O) groups is 1. The van der Waals surface area contributed by atoms with E-state index < -0.39 is 16.4 Å². The number of nitro groups is 1. The Balaban J connectivity index is 1.54.